The van der Waals surface area contributed by atoms with Crippen LogP contribution in [0.25, 0.3) is 16.9 Å². The Hall–Kier alpha value is -3.33. The minimum atomic E-state index is -0.254. The molecule has 34 heavy (non-hydrogen) atoms. The topological polar surface area (TPSA) is 87.7 Å². The third kappa shape index (κ3) is 4.79. The van der Waals surface area contributed by atoms with Gasteiger partial charge in [0.15, 0.2) is 0 Å². The average Bonchev–Trinajstić information content (AvgIpc) is 3.20. The molecule has 9 heteroatoms. The lowest BCUT2D eigenvalue weighted by atomic mass is 9.95. The zero-order valence-electron chi connectivity index (χ0n) is 20.1. The fraction of sp³-hybridized carbons (Fsp3) is 0.320. The highest BCUT2D eigenvalue weighted by atomic mass is 79.9. The summed E-state index contributed by atoms with van der Waals surface area (Å²) < 4.78 is 9.29. The van der Waals surface area contributed by atoms with Gasteiger partial charge in [0, 0.05) is 30.4 Å². The Morgan fingerprint density at radius 3 is 2.56 bits per heavy atom. The third-order valence-corrected chi connectivity index (χ3v) is 5.99. The van der Waals surface area contributed by atoms with E-state index in [-0.39, 0.29) is 27.9 Å². The fourth-order valence-electron chi connectivity index (χ4n) is 3.55. The van der Waals surface area contributed by atoms with E-state index in [0.29, 0.717) is 11.5 Å². The van der Waals surface area contributed by atoms with Crippen molar-refractivity contribution in [1.82, 2.24) is 29.3 Å². The number of ether oxygens (including phenoxy) is 1. The molecule has 8 nitrogen and oxygen atoms in total. The van der Waals surface area contributed by atoms with Gasteiger partial charge < -0.3 is 4.74 Å². The van der Waals surface area contributed by atoms with E-state index in [0.717, 1.165) is 28.3 Å². The molecule has 0 saturated heterocycles. The predicted molar refractivity (Wildman–Crippen MR) is 134 cm³/mol. The summed E-state index contributed by atoms with van der Waals surface area (Å²) in [6, 6.07) is 9.57. The van der Waals surface area contributed by atoms with Gasteiger partial charge in [-0.2, -0.15) is 10.1 Å². The van der Waals surface area contributed by atoms with Gasteiger partial charge in [-0.1, -0.05) is 32.9 Å². The van der Waals surface area contributed by atoms with Crippen LogP contribution in [0.4, 0.5) is 0 Å². The second kappa shape index (κ2) is 9.13. The lowest BCUT2D eigenvalue weighted by Gasteiger charge is -2.18. The largest absolute Gasteiger partial charge is 0.470 e. The maximum absolute atomic E-state index is 13.3. The average molecular weight is 523 g/mol. The van der Waals surface area contributed by atoms with Gasteiger partial charge in [-0.05, 0) is 53.5 Å². The predicted octanol–water partition coefficient (Wildman–Crippen LogP) is 4.68. The first-order chi connectivity index (χ1) is 16.0. The van der Waals surface area contributed by atoms with Crippen molar-refractivity contribution in [1.29, 1.82) is 0 Å². The lowest BCUT2D eigenvalue weighted by molar-refractivity contribution is 0.283. The molecule has 4 aromatic rings. The second-order valence-corrected chi connectivity index (χ2v) is 10.0. The van der Waals surface area contributed by atoms with Crippen molar-refractivity contribution in [3.05, 3.63) is 80.5 Å². The Labute approximate surface area is 206 Å². The fourth-order valence-corrected chi connectivity index (χ4v) is 3.93. The van der Waals surface area contributed by atoms with E-state index in [1.165, 1.54) is 0 Å². The van der Waals surface area contributed by atoms with E-state index < -0.39 is 0 Å². The van der Waals surface area contributed by atoms with Crippen LogP contribution >= 0.6 is 15.9 Å². The van der Waals surface area contributed by atoms with E-state index in [2.05, 4.69) is 51.8 Å². The number of hydrogen-bond acceptors (Lipinski definition) is 6. The Bertz CT molecular complexity index is 1420. The van der Waals surface area contributed by atoms with E-state index in [4.69, 9.17) is 9.72 Å². The molecule has 0 amide bonds. The number of aromatic nitrogens is 6. The zero-order chi connectivity index (χ0) is 24.6. The highest BCUT2D eigenvalue weighted by Crippen LogP contribution is 2.27. The quantitative estimate of drug-likeness (QED) is 0.378. The van der Waals surface area contributed by atoms with Gasteiger partial charge in [-0.25, -0.2) is 9.97 Å². The number of aryl methyl sites for hydroxylation is 3. The summed E-state index contributed by atoms with van der Waals surface area (Å²) in [5.74, 6) is 1.52. The van der Waals surface area contributed by atoms with Crippen LogP contribution in [0, 0.1) is 13.8 Å². The normalized spacial score (nSPS) is 11.6. The van der Waals surface area contributed by atoms with Crippen LogP contribution in [0.1, 0.15) is 43.7 Å². The SMILES string of the molecule is Cc1cnc(C(C)(C)C)nc1-c1cccc(-n2c(C)nc(OCc3ccn(C)n3)c(Br)c2=O)c1. The van der Waals surface area contributed by atoms with Gasteiger partial charge in [0.05, 0.1) is 17.1 Å². The van der Waals surface area contributed by atoms with Crippen LogP contribution in [-0.2, 0) is 19.1 Å². The van der Waals surface area contributed by atoms with Gasteiger partial charge in [0.1, 0.15) is 22.7 Å². The molecule has 0 atom stereocenters. The first-order valence-corrected chi connectivity index (χ1v) is 11.7. The molecule has 1 aromatic carbocycles. The van der Waals surface area contributed by atoms with Gasteiger partial charge in [-0.15, -0.1) is 0 Å². The maximum Gasteiger partial charge on any atom is 0.276 e. The molecule has 4 rings (SSSR count). The highest BCUT2D eigenvalue weighted by Gasteiger charge is 2.20. The first-order valence-electron chi connectivity index (χ1n) is 10.9. The van der Waals surface area contributed by atoms with E-state index in [1.54, 1.807) is 16.2 Å². The van der Waals surface area contributed by atoms with Crippen LogP contribution in [0.15, 0.2) is 52.0 Å². The van der Waals surface area contributed by atoms with Crippen LogP contribution in [0.2, 0.25) is 0 Å². The standard InChI is InChI=1S/C25H27BrN6O2/c1-15-13-27-24(25(3,4)5)29-21(15)17-8-7-9-19(12-17)32-16(2)28-22(20(26)23(32)33)34-14-18-10-11-31(6)30-18/h7-13H,14H2,1-6H3. The molecule has 0 N–H and O–H groups in total. The van der Waals surface area contributed by atoms with E-state index in [1.807, 2.05) is 56.7 Å². The molecule has 0 fully saturated rings. The lowest BCUT2D eigenvalue weighted by Crippen LogP contribution is -2.24. The Balaban J connectivity index is 1.72. The van der Waals surface area contributed by atoms with Crippen molar-refractivity contribution in [2.75, 3.05) is 0 Å². The van der Waals surface area contributed by atoms with Gasteiger partial charge in [0.25, 0.3) is 5.56 Å². The smallest absolute Gasteiger partial charge is 0.276 e. The van der Waals surface area contributed by atoms with Crippen molar-refractivity contribution in [2.24, 2.45) is 7.05 Å². The Morgan fingerprint density at radius 1 is 1.12 bits per heavy atom. The molecule has 0 aliphatic carbocycles. The molecule has 0 saturated carbocycles. The summed E-state index contributed by atoms with van der Waals surface area (Å²) in [6.07, 6.45) is 3.68. The summed E-state index contributed by atoms with van der Waals surface area (Å²) in [6.45, 7) is 10.2. The zero-order valence-corrected chi connectivity index (χ0v) is 21.7. The summed E-state index contributed by atoms with van der Waals surface area (Å²) in [5, 5.41) is 4.29. The molecular weight excluding hydrogens is 496 g/mol. The molecule has 0 radical (unpaired) electrons. The van der Waals surface area contributed by atoms with Crippen LogP contribution < -0.4 is 10.3 Å². The van der Waals surface area contributed by atoms with E-state index >= 15 is 0 Å². The molecule has 0 aliphatic rings. The first kappa shape index (κ1) is 23.8. The highest BCUT2D eigenvalue weighted by molar-refractivity contribution is 9.10. The summed E-state index contributed by atoms with van der Waals surface area (Å²) in [5.41, 5.74) is 3.73. The number of halogens is 1. The van der Waals surface area contributed by atoms with Crippen LogP contribution in [0.3, 0.4) is 0 Å². The molecule has 3 aromatic heterocycles. The monoisotopic (exact) mass is 522 g/mol. The van der Waals surface area contributed by atoms with Crippen molar-refractivity contribution < 1.29 is 4.74 Å². The van der Waals surface area contributed by atoms with Crippen molar-refractivity contribution in [3.63, 3.8) is 0 Å². The number of rotatable bonds is 5. The minimum Gasteiger partial charge on any atom is -0.470 e. The summed E-state index contributed by atoms with van der Waals surface area (Å²) in [4.78, 5) is 27.1. The van der Waals surface area contributed by atoms with Crippen molar-refractivity contribution in [2.45, 2.75) is 46.6 Å². The Kier molecular flexibility index (Phi) is 6.40. The number of hydrogen-bond donors (Lipinski definition) is 0. The summed E-state index contributed by atoms with van der Waals surface area (Å²) in [7, 11) is 1.84. The summed E-state index contributed by atoms with van der Waals surface area (Å²) >= 11 is 3.38. The van der Waals surface area contributed by atoms with E-state index in [9.17, 15) is 4.79 Å². The maximum atomic E-state index is 13.3. The molecule has 0 unspecified atom stereocenters. The van der Waals surface area contributed by atoms with Crippen molar-refractivity contribution >= 4 is 15.9 Å². The molecule has 0 aliphatic heterocycles. The molecule has 176 valence electrons. The molecular formula is C25H27BrN6O2. The molecule has 0 bridgehead atoms. The number of benzene rings is 1. The minimum absolute atomic E-state index is 0.173. The van der Waals surface area contributed by atoms with Gasteiger partial charge in [0.2, 0.25) is 5.88 Å². The number of nitrogens with zero attached hydrogens (tertiary/aromatic N) is 6. The molecule has 3 heterocycles. The third-order valence-electron chi connectivity index (χ3n) is 5.31. The van der Waals surface area contributed by atoms with Crippen LogP contribution in [-0.4, -0.2) is 29.3 Å². The van der Waals surface area contributed by atoms with Gasteiger partial charge in [-0.3, -0.25) is 14.0 Å². The molecule has 0 spiro atoms. The second-order valence-electron chi connectivity index (χ2n) is 9.21. The van der Waals surface area contributed by atoms with Crippen molar-refractivity contribution in [3.8, 4) is 22.8 Å². The Morgan fingerprint density at radius 2 is 1.88 bits per heavy atom. The van der Waals surface area contributed by atoms with Crippen LogP contribution in [0.5, 0.6) is 5.88 Å². The van der Waals surface area contributed by atoms with Gasteiger partial charge >= 0.3 is 0 Å².